The molecule has 4 nitrogen and oxygen atoms in total. The summed E-state index contributed by atoms with van der Waals surface area (Å²) in [5, 5.41) is 4.52. The molecule has 0 aliphatic heterocycles. The SMILES string of the molecule is CC(C)(C)c1ccc(OCCCNC(=O)Nc2ccc(Cl)c(C(F)(F)F)c2)c(Br)c1. The molecular weight excluding hydrogens is 485 g/mol. The summed E-state index contributed by atoms with van der Waals surface area (Å²) in [7, 11) is 0. The Bertz CT molecular complexity index is 899. The third-order valence-electron chi connectivity index (χ3n) is 4.19. The number of benzene rings is 2. The number of urea groups is 1. The fourth-order valence-electron chi connectivity index (χ4n) is 2.54. The van der Waals surface area contributed by atoms with E-state index in [0.717, 1.165) is 16.6 Å². The summed E-state index contributed by atoms with van der Waals surface area (Å²) < 4.78 is 45.2. The van der Waals surface area contributed by atoms with E-state index in [4.69, 9.17) is 16.3 Å². The fraction of sp³-hybridized carbons (Fsp3) is 0.381. The molecule has 9 heteroatoms. The van der Waals surface area contributed by atoms with Crippen LogP contribution in [0.4, 0.5) is 23.7 Å². The van der Waals surface area contributed by atoms with Crippen LogP contribution < -0.4 is 15.4 Å². The Morgan fingerprint density at radius 2 is 1.83 bits per heavy atom. The average molecular weight is 508 g/mol. The summed E-state index contributed by atoms with van der Waals surface area (Å²) in [6.07, 6.45) is -4.07. The van der Waals surface area contributed by atoms with Gasteiger partial charge >= 0.3 is 12.2 Å². The van der Waals surface area contributed by atoms with Crippen LogP contribution in [-0.4, -0.2) is 19.2 Å². The summed E-state index contributed by atoms with van der Waals surface area (Å²) in [5.74, 6) is 0.702. The van der Waals surface area contributed by atoms with Crippen molar-refractivity contribution in [2.45, 2.75) is 38.8 Å². The molecule has 0 aliphatic carbocycles. The second-order valence-corrected chi connectivity index (χ2v) is 8.93. The molecule has 0 bridgehead atoms. The Morgan fingerprint density at radius 1 is 1.13 bits per heavy atom. The summed E-state index contributed by atoms with van der Waals surface area (Å²) >= 11 is 9.06. The van der Waals surface area contributed by atoms with Gasteiger partial charge in [0.05, 0.1) is 21.7 Å². The highest BCUT2D eigenvalue weighted by molar-refractivity contribution is 9.10. The number of ether oxygens (including phenoxy) is 1. The van der Waals surface area contributed by atoms with Gasteiger partial charge in [0.2, 0.25) is 0 Å². The molecule has 0 aromatic heterocycles. The predicted molar refractivity (Wildman–Crippen MR) is 116 cm³/mol. The van der Waals surface area contributed by atoms with Crippen LogP contribution in [0.2, 0.25) is 5.02 Å². The van der Waals surface area contributed by atoms with E-state index in [0.29, 0.717) is 25.3 Å². The molecule has 0 saturated heterocycles. The van der Waals surface area contributed by atoms with Gasteiger partial charge < -0.3 is 15.4 Å². The maximum atomic E-state index is 12.9. The number of carbonyl (C=O) groups is 1. The van der Waals surface area contributed by atoms with E-state index >= 15 is 0 Å². The molecular formula is C21H23BrClF3N2O2. The number of halogens is 5. The monoisotopic (exact) mass is 506 g/mol. The quantitative estimate of drug-likeness (QED) is 0.413. The summed E-state index contributed by atoms with van der Waals surface area (Å²) in [5.41, 5.74) is 0.209. The van der Waals surface area contributed by atoms with Crippen LogP contribution in [0.25, 0.3) is 0 Å². The van der Waals surface area contributed by atoms with Gasteiger partial charge in [-0.25, -0.2) is 4.79 Å². The number of hydrogen-bond acceptors (Lipinski definition) is 2. The molecule has 0 heterocycles. The first-order chi connectivity index (χ1) is 13.9. The highest BCUT2D eigenvalue weighted by Gasteiger charge is 2.33. The van der Waals surface area contributed by atoms with Crippen LogP contribution in [-0.2, 0) is 11.6 Å². The Balaban J connectivity index is 1.78. The number of anilines is 1. The van der Waals surface area contributed by atoms with Crippen LogP contribution in [0, 0.1) is 0 Å². The van der Waals surface area contributed by atoms with E-state index in [-0.39, 0.29) is 11.1 Å². The minimum Gasteiger partial charge on any atom is -0.492 e. The maximum Gasteiger partial charge on any atom is 0.417 e. The molecule has 0 radical (unpaired) electrons. The van der Waals surface area contributed by atoms with Crippen molar-refractivity contribution in [3.05, 3.63) is 57.0 Å². The van der Waals surface area contributed by atoms with Crippen molar-refractivity contribution >= 4 is 39.2 Å². The normalized spacial score (nSPS) is 11.9. The van der Waals surface area contributed by atoms with Crippen LogP contribution >= 0.6 is 27.5 Å². The summed E-state index contributed by atoms with van der Waals surface area (Å²) in [4.78, 5) is 11.9. The molecule has 0 atom stereocenters. The molecule has 2 aromatic rings. The Kier molecular flexibility index (Phi) is 8.05. The topological polar surface area (TPSA) is 50.4 Å². The summed E-state index contributed by atoms with van der Waals surface area (Å²) in [6, 6.07) is 8.50. The number of carbonyl (C=O) groups excluding carboxylic acids is 1. The number of alkyl halides is 3. The van der Waals surface area contributed by atoms with E-state index < -0.39 is 22.8 Å². The van der Waals surface area contributed by atoms with E-state index in [1.807, 2.05) is 18.2 Å². The molecule has 0 saturated carbocycles. The van der Waals surface area contributed by atoms with Gasteiger partial charge in [0.25, 0.3) is 0 Å². The van der Waals surface area contributed by atoms with Crippen molar-refractivity contribution in [3.63, 3.8) is 0 Å². The summed E-state index contributed by atoms with van der Waals surface area (Å²) in [6.45, 7) is 7.04. The van der Waals surface area contributed by atoms with Crippen molar-refractivity contribution < 1.29 is 22.7 Å². The molecule has 0 spiro atoms. The van der Waals surface area contributed by atoms with Gasteiger partial charge in [-0.05, 0) is 63.7 Å². The highest BCUT2D eigenvalue weighted by Crippen LogP contribution is 2.36. The van der Waals surface area contributed by atoms with Gasteiger partial charge in [0.15, 0.2) is 0 Å². The largest absolute Gasteiger partial charge is 0.492 e. The van der Waals surface area contributed by atoms with Crippen LogP contribution in [0.3, 0.4) is 0 Å². The lowest BCUT2D eigenvalue weighted by molar-refractivity contribution is -0.137. The number of rotatable bonds is 6. The van der Waals surface area contributed by atoms with Crippen LogP contribution in [0.1, 0.15) is 38.3 Å². The minimum absolute atomic E-state index is 0.00310. The molecule has 2 amide bonds. The lowest BCUT2D eigenvalue weighted by Gasteiger charge is -2.20. The van der Waals surface area contributed by atoms with E-state index in [2.05, 4.69) is 47.3 Å². The van der Waals surface area contributed by atoms with Gasteiger partial charge in [-0.2, -0.15) is 13.2 Å². The first-order valence-corrected chi connectivity index (χ1v) is 10.4. The fourth-order valence-corrected chi connectivity index (χ4v) is 3.25. The van der Waals surface area contributed by atoms with Crippen molar-refractivity contribution in [3.8, 4) is 5.75 Å². The van der Waals surface area contributed by atoms with Gasteiger partial charge in [0, 0.05) is 12.2 Å². The Hall–Kier alpha value is -1.93. The number of hydrogen-bond donors (Lipinski definition) is 2. The molecule has 2 N–H and O–H groups in total. The molecule has 0 aliphatic rings. The van der Waals surface area contributed by atoms with E-state index in [1.54, 1.807) is 0 Å². The average Bonchev–Trinajstić information content (AvgIpc) is 2.62. The van der Waals surface area contributed by atoms with Gasteiger partial charge in [-0.15, -0.1) is 0 Å². The zero-order valence-corrected chi connectivity index (χ0v) is 19.1. The zero-order chi connectivity index (χ0) is 22.5. The second-order valence-electron chi connectivity index (χ2n) is 7.67. The molecule has 2 aromatic carbocycles. The van der Waals surface area contributed by atoms with Gasteiger partial charge in [0.1, 0.15) is 5.75 Å². The van der Waals surface area contributed by atoms with Crippen molar-refractivity contribution in [2.75, 3.05) is 18.5 Å². The number of amides is 2. The Morgan fingerprint density at radius 3 is 2.43 bits per heavy atom. The van der Waals surface area contributed by atoms with Crippen molar-refractivity contribution in [2.24, 2.45) is 0 Å². The third kappa shape index (κ3) is 7.09. The maximum absolute atomic E-state index is 12.9. The zero-order valence-electron chi connectivity index (χ0n) is 16.8. The molecule has 0 fully saturated rings. The van der Waals surface area contributed by atoms with Gasteiger partial charge in [-0.3, -0.25) is 0 Å². The molecule has 164 valence electrons. The predicted octanol–water partition coefficient (Wildman–Crippen LogP) is 7.01. The van der Waals surface area contributed by atoms with E-state index in [9.17, 15) is 18.0 Å². The first kappa shape index (κ1) is 24.3. The number of nitrogens with one attached hydrogen (secondary N) is 2. The van der Waals surface area contributed by atoms with Crippen LogP contribution in [0.15, 0.2) is 40.9 Å². The molecule has 0 unspecified atom stereocenters. The standard InChI is InChI=1S/C21H23BrClF3N2O2/c1-20(2,3)13-5-8-18(16(22)11-13)30-10-4-9-27-19(29)28-14-6-7-17(23)15(12-14)21(24,25)26/h5-8,11-12H,4,9-10H2,1-3H3,(H2,27,28,29). The second kappa shape index (κ2) is 9.92. The van der Waals surface area contributed by atoms with Crippen molar-refractivity contribution in [1.82, 2.24) is 5.32 Å². The molecule has 2 rings (SSSR count). The van der Waals surface area contributed by atoms with Crippen molar-refractivity contribution in [1.29, 1.82) is 0 Å². The third-order valence-corrected chi connectivity index (χ3v) is 5.14. The molecule has 30 heavy (non-hydrogen) atoms. The van der Waals surface area contributed by atoms with Crippen LogP contribution in [0.5, 0.6) is 5.75 Å². The lowest BCUT2D eigenvalue weighted by Crippen LogP contribution is -2.30. The minimum atomic E-state index is -4.60. The van der Waals surface area contributed by atoms with Gasteiger partial charge in [-0.1, -0.05) is 38.4 Å². The highest BCUT2D eigenvalue weighted by atomic mass is 79.9. The smallest absolute Gasteiger partial charge is 0.417 e. The first-order valence-electron chi connectivity index (χ1n) is 9.22. The lowest BCUT2D eigenvalue weighted by atomic mass is 9.87. The van der Waals surface area contributed by atoms with E-state index in [1.165, 1.54) is 11.6 Å². The Labute approximate surface area is 187 Å².